The summed E-state index contributed by atoms with van der Waals surface area (Å²) in [5, 5.41) is 8.86. The molecule has 3 aliphatic heterocycles. The highest BCUT2D eigenvalue weighted by molar-refractivity contribution is 7.98. The zero-order valence-corrected chi connectivity index (χ0v) is 25.3. The van der Waals surface area contributed by atoms with E-state index in [0.717, 1.165) is 81.3 Å². The van der Waals surface area contributed by atoms with Crippen molar-refractivity contribution < 1.29 is 19.0 Å². The number of hydrogen-bond acceptors (Lipinski definition) is 9. The number of aliphatic hydroxyl groups is 1. The number of pyridine rings is 2. The quantitative estimate of drug-likeness (QED) is 0.234. The topological polar surface area (TPSA) is 104 Å². The van der Waals surface area contributed by atoms with E-state index < -0.39 is 5.82 Å². The third-order valence-electron chi connectivity index (χ3n) is 7.75. The second-order valence-corrected chi connectivity index (χ2v) is 12.8. The van der Waals surface area contributed by atoms with Crippen LogP contribution in [0, 0.1) is 11.2 Å². The molecule has 0 unspecified atom stereocenters. The van der Waals surface area contributed by atoms with E-state index in [9.17, 15) is 9.18 Å². The van der Waals surface area contributed by atoms with Gasteiger partial charge in [0.2, 0.25) is 0 Å². The molecule has 1 spiro atoms. The van der Waals surface area contributed by atoms with E-state index in [1.807, 2.05) is 13.1 Å². The smallest absolute Gasteiger partial charge is 0.171 e. The number of piperidine rings is 1. The van der Waals surface area contributed by atoms with Crippen molar-refractivity contribution >= 4 is 30.8 Å². The van der Waals surface area contributed by atoms with Gasteiger partial charge in [-0.1, -0.05) is 20.8 Å². The molecule has 2 aromatic heterocycles. The molecular formula is C30H41FN6O3S. The van der Waals surface area contributed by atoms with E-state index in [-0.39, 0.29) is 22.8 Å². The van der Waals surface area contributed by atoms with Crippen LogP contribution in [-0.4, -0.2) is 94.5 Å². The fourth-order valence-electron chi connectivity index (χ4n) is 5.18. The van der Waals surface area contributed by atoms with Gasteiger partial charge in [0.25, 0.3) is 0 Å². The molecule has 1 N–H and O–H groups in total. The summed E-state index contributed by atoms with van der Waals surface area (Å²) >= 11 is 1.52. The van der Waals surface area contributed by atoms with E-state index >= 15 is 0 Å². The predicted octanol–water partition coefficient (Wildman–Crippen LogP) is 4.69. The van der Waals surface area contributed by atoms with E-state index in [4.69, 9.17) is 9.84 Å². The average Bonchev–Trinajstić information content (AvgIpc) is 3.33. The lowest BCUT2D eigenvalue weighted by molar-refractivity contribution is -0.0104. The monoisotopic (exact) mass is 584 g/mol. The number of likely N-dealkylation sites (tertiary alicyclic amines) is 2. The first-order chi connectivity index (χ1) is 19.5. The summed E-state index contributed by atoms with van der Waals surface area (Å²) in [6, 6.07) is 3.23. The maximum absolute atomic E-state index is 14.0. The number of fused-ring (bicyclic) bond motifs is 1. The summed E-state index contributed by atoms with van der Waals surface area (Å²) < 4.78 is 25.0. The fraction of sp³-hybridized carbons (Fsp3) is 0.567. The molecular weight excluding hydrogens is 543 g/mol. The summed E-state index contributed by atoms with van der Waals surface area (Å²) in [5.41, 5.74) is 1.75. The number of ether oxygens (including phenoxy) is 1. The molecule has 0 aliphatic carbocycles. The Kier molecular flexibility index (Phi) is 10.3. The standard InChI is InChI=1S/C25H30FN5O2S.C5H11NO/c1-24(2,3)23(27-4)30-34-16-31-9-7-25(8-10-31)6-5-17-12-20(29-14-22(17)33-25)18-11-19(26)21(15-32)28-13-18;1-6-3-2-5(7)4-6/h11-15H,4-10,16H2,1-3H3;5,7H,2-4H2,1H3/b30-23-;/t;5-/m.1/s1. The first kappa shape index (κ1) is 31.2. The minimum absolute atomic E-state index is 0.0509. The Labute approximate surface area is 246 Å². The van der Waals surface area contributed by atoms with Crippen molar-refractivity contribution in [1.82, 2.24) is 19.8 Å². The summed E-state index contributed by atoms with van der Waals surface area (Å²) in [7, 11) is 2.02. The van der Waals surface area contributed by atoms with Crippen LogP contribution in [0.25, 0.3) is 11.3 Å². The lowest BCUT2D eigenvalue weighted by Gasteiger charge is -2.44. The fourth-order valence-corrected chi connectivity index (χ4v) is 6.11. The van der Waals surface area contributed by atoms with Crippen LogP contribution >= 0.6 is 11.9 Å². The lowest BCUT2D eigenvalue weighted by Crippen LogP contribution is -2.49. The Bertz CT molecular complexity index is 1250. The van der Waals surface area contributed by atoms with Crippen molar-refractivity contribution in [1.29, 1.82) is 0 Å². The molecule has 0 amide bonds. The second-order valence-electron chi connectivity index (χ2n) is 12.1. The van der Waals surface area contributed by atoms with Crippen LogP contribution in [0.15, 0.2) is 33.9 Å². The predicted molar refractivity (Wildman–Crippen MR) is 162 cm³/mol. The molecule has 0 bridgehead atoms. The Morgan fingerprint density at radius 3 is 2.56 bits per heavy atom. The Morgan fingerprint density at radius 2 is 2.00 bits per heavy atom. The molecule has 222 valence electrons. The minimum atomic E-state index is -0.645. The number of aromatic nitrogens is 2. The van der Waals surface area contributed by atoms with Crippen LogP contribution in [-0.2, 0) is 6.42 Å². The molecule has 11 heteroatoms. The number of hydrogen-bond donors (Lipinski definition) is 1. The van der Waals surface area contributed by atoms with E-state index in [0.29, 0.717) is 17.5 Å². The Balaban J connectivity index is 0.000000483. The molecule has 2 saturated heterocycles. The van der Waals surface area contributed by atoms with Gasteiger partial charge < -0.3 is 14.7 Å². The van der Waals surface area contributed by atoms with Crippen molar-refractivity contribution in [3.05, 3.63) is 41.6 Å². The molecule has 2 fully saturated rings. The van der Waals surface area contributed by atoms with Gasteiger partial charge in [-0.3, -0.25) is 14.7 Å². The summed E-state index contributed by atoms with van der Waals surface area (Å²) in [4.78, 5) is 27.8. The number of aryl methyl sites for hydroxylation is 1. The number of carbonyl (C=O) groups is 1. The van der Waals surface area contributed by atoms with Gasteiger partial charge in [0, 0.05) is 43.4 Å². The van der Waals surface area contributed by atoms with Crippen molar-refractivity contribution in [2.24, 2.45) is 14.8 Å². The van der Waals surface area contributed by atoms with Crippen LogP contribution in [0.3, 0.4) is 0 Å². The molecule has 2 aromatic rings. The number of halogens is 1. The van der Waals surface area contributed by atoms with Crippen molar-refractivity contribution in [2.45, 2.75) is 64.6 Å². The number of β-amino-alcohol motifs (C(OH)–C–C–N with tert-alkyl or cyclic N) is 1. The summed E-state index contributed by atoms with van der Waals surface area (Å²) in [6.07, 6.45) is 8.23. The third-order valence-corrected chi connectivity index (χ3v) is 8.53. The van der Waals surface area contributed by atoms with E-state index in [1.165, 1.54) is 24.2 Å². The zero-order valence-electron chi connectivity index (χ0n) is 24.5. The summed E-state index contributed by atoms with van der Waals surface area (Å²) in [6.45, 7) is 13.7. The zero-order chi connectivity index (χ0) is 29.6. The number of aldehydes is 1. The highest BCUT2D eigenvalue weighted by Gasteiger charge is 2.39. The number of carbonyl (C=O) groups excluding carboxylic acids is 1. The highest BCUT2D eigenvalue weighted by Crippen LogP contribution is 2.40. The normalized spacial score (nSPS) is 21.0. The third kappa shape index (κ3) is 8.18. The maximum Gasteiger partial charge on any atom is 0.171 e. The Morgan fingerprint density at radius 1 is 1.24 bits per heavy atom. The van der Waals surface area contributed by atoms with Crippen molar-refractivity contribution in [3.63, 3.8) is 0 Å². The number of nitrogens with zero attached hydrogens (tertiary/aromatic N) is 6. The Hall–Kier alpha value is -2.73. The van der Waals surface area contributed by atoms with Crippen LogP contribution < -0.4 is 4.74 Å². The molecule has 0 radical (unpaired) electrons. The highest BCUT2D eigenvalue weighted by atomic mass is 32.2. The number of rotatable bonds is 5. The van der Waals surface area contributed by atoms with E-state index in [2.05, 4.69) is 56.6 Å². The lowest BCUT2D eigenvalue weighted by atomic mass is 9.83. The van der Waals surface area contributed by atoms with Gasteiger partial charge in [-0.25, -0.2) is 14.4 Å². The number of aliphatic imine (C=N–C) groups is 1. The van der Waals surface area contributed by atoms with Gasteiger partial charge in [-0.15, -0.1) is 0 Å². The van der Waals surface area contributed by atoms with Crippen LogP contribution in [0.1, 0.15) is 62.5 Å². The van der Waals surface area contributed by atoms with Gasteiger partial charge in [0.15, 0.2) is 12.1 Å². The number of aliphatic hydroxyl groups excluding tert-OH is 1. The van der Waals surface area contributed by atoms with Gasteiger partial charge in [-0.2, -0.15) is 4.40 Å². The molecule has 5 rings (SSSR count). The van der Waals surface area contributed by atoms with Crippen LogP contribution in [0.5, 0.6) is 5.75 Å². The number of amidine groups is 1. The van der Waals surface area contributed by atoms with Crippen molar-refractivity contribution in [2.75, 3.05) is 39.1 Å². The maximum atomic E-state index is 14.0. The first-order valence-electron chi connectivity index (χ1n) is 14.1. The van der Waals surface area contributed by atoms with E-state index in [1.54, 1.807) is 6.20 Å². The molecule has 0 saturated carbocycles. The van der Waals surface area contributed by atoms with Gasteiger partial charge >= 0.3 is 0 Å². The van der Waals surface area contributed by atoms with Crippen molar-refractivity contribution in [3.8, 4) is 17.0 Å². The average molecular weight is 585 g/mol. The molecule has 41 heavy (non-hydrogen) atoms. The molecule has 1 atom stereocenters. The largest absolute Gasteiger partial charge is 0.485 e. The molecule has 5 heterocycles. The van der Waals surface area contributed by atoms with Crippen LogP contribution in [0.2, 0.25) is 0 Å². The SMILES string of the molecule is C=N/C(=N\SCN1CCC2(CCc3cc(-c4cnc(C=O)c(F)c4)ncc3O2)CC1)C(C)(C)C.CN1CC[C@@H](O)C1. The summed E-state index contributed by atoms with van der Waals surface area (Å²) in [5.74, 6) is 1.74. The van der Waals surface area contributed by atoms with Crippen LogP contribution in [0.4, 0.5) is 4.39 Å². The van der Waals surface area contributed by atoms with Gasteiger partial charge in [-0.05, 0) is 75.5 Å². The molecule has 3 aliphatic rings. The van der Waals surface area contributed by atoms with Gasteiger partial charge in [0.05, 0.1) is 23.9 Å². The van der Waals surface area contributed by atoms with Gasteiger partial charge in [0.1, 0.15) is 22.9 Å². The molecule has 0 aromatic carbocycles. The second kappa shape index (κ2) is 13.5. The minimum Gasteiger partial charge on any atom is -0.485 e. The first-order valence-corrected chi connectivity index (χ1v) is 15.0. The number of likely N-dealkylation sites (N-methyl/N-ethyl adjacent to an activating group) is 1. The molecule has 9 nitrogen and oxygen atoms in total.